The molecule has 1 atom stereocenters. The lowest BCUT2D eigenvalue weighted by Gasteiger charge is -2.25. The molecule has 0 aromatic carbocycles. The number of rotatable bonds is 5. The Morgan fingerprint density at radius 1 is 1.53 bits per heavy atom. The SMILES string of the molecule is O=C(c1cncc(O)c1)N(CCO)CC1CCCN1. The maximum absolute atomic E-state index is 12.3. The molecule has 6 nitrogen and oxygen atoms in total. The molecule has 1 amide bonds. The summed E-state index contributed by atoms with van der Waals surface area (Å²) in [5.41, 5.74) is 0.339. The molecule has 3 N–H and O–H groups in total. The lowest BCUT2D eigenvalue weighted by molar-refractivity contribution is 0.0705. The second kappa shape index (κ2) is 6.49. The number of carbonyl (C=O) groups is 1. The minimum absolute atomic E-state index is 0.0335. The minimum atomic E-state index is -0.217. The highest BCUT2D eigenvalue weighted by atomic mass is 16.3. The molecule has 19 heavy (non-hydrogen) atoms. The van der Waals surface area contributed by atoms with Gasteiger partial charge in [-0.25, -0.2) is 0 Å². The number of amides is 1. The van der Waals surface area contributed by atoms with Crippen LogP contribution < -0.4 is 5.32 Å². The molecule has 0 radical (unpaired) electrons. The van der Waals surface area contributed by atoms with Crippen LogP contribution >= 0.6 is 0 Å². The Kier molecular flexibility index (Phi) is 4.70. The van der Waals surface area contributed by atoms with Crippen molar-refractivity contribution in [3.8, 4) is 5.75 Å². The predicted molar refractivity (Wildman–Crippen MR) is 69.9 cm³/mol. The summed E-state index contributed by atoms with van der Waals surface area (Å²) in [6, 6.07) is 1.67. The number of hydrogen-bond donors (Lipinski definition) is 3. The van der Waals surface area contributed by atoms with Gasteiger partial charge in [-0.05, 0) is 25.5 Å². The monoisotopic (exact) mass is 265 g/mol. The number of aromatic hydroxyl groups is 1. The van der Waals surface area contributed by atoms with Gasteiger partial charge in [-0.15, -0.1) is 0 Å². The molecule has 0 bridgehead atoms. The highest BCUT2D eigenvalue weighted by Crippen LogP contribution is 2.13. The average Bonchev–Trinajstić information content (AvgIpc) is 2.90. The van der Waals surface area contributed by atoms with Gasteiger partial charge in [-0.1, -0.05) is 0 Å². The van der Waals surface area contributed by atoms with Crippen molar-refractivity contribution in [2.45, 2.75) is 18.9 Å². The molecule has 6 heteroatoms. The van der Waals surface area contributed by atoms with E-state index in [4.69, 9.17) is 5.11 Å². The van der Waals surface area contributed by atoms with Gasteiger partial charge in [-0.2, -0.15) is 0 Å². The first-order valence-electron chi connectivity index (χ1n) is 6.48. The summed E-state index contributed by atoms with van der Waals surface area (Å²) in [5.74, 6) is -0.250. The van der Waals surface area contributed by atoms with Gasteiger partial charge in [0.1, 0.15) is 5.75 Å². The van der Waals surface area contributed by atoms with Crippen molar-refractivity contribution in [3.05, 3.63) is 24.0 Å². The molecule has 1 aliphatic heterocycles. The highest BCUT2D eigenvalue weighted by Gasteiger charge is 2.22. The Labute approximate surface area is 112 Å². The zero-order valence-electron chi connectivity index (χ0n) is 10.7. The molecule has 0 spiro atoms. The molecular formula is C13H19N3O3. The number of pyridine rings is 1. The van der Waals surface area contributed by atoms with E-state index in [1.54, 1.807) is 4.90 Å². The fourth-order valence-electron chi connectivity index (χ4n) is 2.30. The van der Waals surface area contributed by atoms with Crippen LogP contribution in [0.3, 0.4) is 0 Å². The number of nitrogens with zero attached hydrogens (tertiary/aromatic N) is 2. The van der Waals surface area contributed by atoms with Crippen LogP contribution in [0.2, 0.25) is 0 Å². The molecule has 1 aliphatic rings. The highest BCUT2D eigenvalue weighted by molar-refractivity contribution is 5.94. The zero-order valence-corrected chi connectivity index (χ0v) is 10.7. The van der Waals surface area contributed by atoms with E-state index in [9.17, 15) is 9.90 Å². The normalized spacial score (nSPS) is 18.5. The zero-order chi connectivity index (χ0) is 13.7. The summed E-state index contributed by atoms with van der Waals surface area (Å²) in [5, 5.41) is 21.8. The quantitative estimate of drug-likeness (QED) is 0.696. The van der Waals surface area contributed by atoms with E-state index in [0.29, 0.717) is 12.1 Å². The summed E-state index contributed by atoms with van der Waals surface area (Å²) >= 11 is 0. The topological polar surface area (TPSA) is 85.7 Å². The van der Waals surface area contributed by atoms with Crippen molar-refractivity contribution in [3.63, 3.8) is 0 Å². The van der Waals surface area contributed by atoms with Crippen molar-refractivity contribution in [2.75, 3.05) is 26.2 Å². The van der Waals surface area contributed by atoms with Crippen LogP contribution in [0.25, 0.3) is 0 Å². The molecular weight excluding hydrogens is 246 g/mol. The van der Waals surface area contributed by atoms with Gasteiger partial charge in [0.05, 0.1) is 18.4 Å². The van der Waals surface area contributed by atoms with Crippen LogP contribution in [0.15, 0.2) is 18.5 Å². The second-order valence-electron chi connectivity index (χ2n) is 4.70. The first kappa shape index (κ1) is 13.8. The van der Waals surface area contributed by atoms with Crippen LogP contribution in [0, 0.1) is 0 Å². The summed E-state index contributed by atoms with van der Waals surface area (Å²) < 4.78 is 0. The van der Waals surface area contributed by atoms with E-state index in [2.05, 4.69) is 10.3 Å². The van der Waals surface area contributed by atoms with Gasteiger partial charge >= 0.3 is 0 Å². The second-order valence-corrected chi connectivity index (χ2v) is 4.70. The minimum Gasteiger partial charge on any atom is -0.506 e. The van der Waals surface area contributed by atoms with E-state index in [1.807, 2.05) is 0 Å². The third-order valence-corrected chi connectivity index (χ3v) is 3.23. The summed E-state index contributed by atoms with van der Waals surface area (Å²) in [6.07, 6.45) is 4.85. The van der Waals surface area contributed by atoms with Gasteiger partial charge in [0.15, 0.2) is 0 Å². The van der Waals surface area contributed by atoms with E-state index in [1.165, 1.54) is 18.5 Å². The number of nitrogens with one attached hydrogen (secondary N) is 1. The van der Waals surface area contributed by atoms with E-state index in [0.717, 1.165) is 19.4 Å². The van der Waals surface area contributed by atoms with Gasteiger partial charge < -0.3 is 20.4 Å². The fourth-order valence-corrected chi connectivity index (χ4v) is 2.30. The van der Waals surface area contributed by atoms with Crippen molar-refractivity contribution >= 4 is 5.91 Å². The Hall–Kier alpha value is -1.66. The summed E-state index contributed by atoms with van der Waals surface area (Å²) in [4.78, 5) is 17.7. The summed E-state index contributed by atoms with van der Waals surface area (Å²) in [6.45, 7) is 1.74. The van der Waals surface area contributed by atoms with Crippen molar-refractivity contribution in [2.24, 2.45) is 0 Å². The van der Waals surface area contributed by atoms with Crippen LogP contribution in [0.5, 0.6) is 5.75 Å². The number of hydrogen-bond acceptors (Lipinski definition) is 5. The molecule has 1 fully saturated rings. The lowest BCUT2D eigenvalue weighted by atomic mass is 10.2. The van der Waals surface area contributed by atoms with Gasteiger partial charge in [0.2, 0.25) is 0 Å². The molecule has 1 unspecified atom stereocenters. The first-order chi connectivity index (χ1) is 9.20. The fraction of sp³-hybridized carbons (Fsp3) is 0.538. The maximum atomic E-state index is 12.3. The van der Waals surface area contributed by atoms with Gasteiger partial charge in [0.25, 0.3) is 5.91 Å². The van der Waals surface area contributed by atoms with Crippen LogP contribution in [-0.2, 0) is 0 Å². The first-order valence-corrected chi connectivity index (χ1v) is 6.48. The summed E-state index contributed by atoms with van der Waals surface area (Å²) in [7, 11) is 0. The molecule has 0 aliphatic carbocycles. The molecule has 1 aromatic rings. The Morgan fingerprint density at radius 2 is 2.37 bits per heavy atom. The molecule has 104 valence electrons. The lowest BCUT2D eigenvalue weighted by Crippen LogP contribution is -2.42. The van der Waals surface area contributed by atoms with Gasteiger partial charge in [0, 0.05) is 25.3 Å². The largest absolute Gasteiger partial charge is 0.506 e. The number of carbonyl (C=O) groups excluding carboxylic acids is 1. The number of aliphatic hydroxyl groups excluding tert-OH is 1. The average molecular weight is 265 g/mol. The Morgan fingerprint density at radius 3 is 3.00 bits per heavy atom. The van der Waals surface area contributed by atoms with Crippen LogP contribution in [-0.4, -0.2) is 58.3 Å². The van der Waals surface area contributed by atoms with E-state index < -0.39 is 0 Å². The van der Waals surface area contributed by atoms with Crippen LogP contribution in [0.4, 0.5) is 0 Å². The van der Waals surface area contributed by atoms with Crippen molar-refractivity contribution in [1.29, 1.82) is 0 Å². The Balaban J connectivity index is 2.06. The van der Waals surface area contributed by atoms with Crippen molar-refractivity contribution < 1.29 is 15.0 Å². The molecule has 1 saturated heterocycles. The molecule has 0 saturated carbocycles. The van der Waals surface area contributed by atoms with E-state index in [-0.39, 0.29) is 30.9 Å². The number of aliphatic hydroxyl groups is 1. The van der Waals surface area contributed by atoms with Crippen molar-refractivity contribution in [1.82, 2.24) is 15.2 Å². The standard InChI is InChI=1S/C13H19N3O3/c17-5-4-16(9-11-2-1-3-15-11)13(19)10-6-12(18)8-14-7-10/h6-8,11,15,17-18H,1-5,9H2. The van der Waals surface area contributed by atoms with Gasteiger partial charge in [-0.3, -0.25) is 9.78 Å². The predicted octanol–water partition coefficient (Wildman–Crippen LogP) is -0.0263. The van der Waals surface area contributed by atoms with Crippen LogP contribution in [0.1, 0.15) is 23.2 Å². The Bertz CT molecular complexity index is 433. The molecule has 2 heterocycles. The third kappa shape index (κ3) is 3.65. The van der Waals surface area contributed by atoms with E-state index >= 15 is 0 Å². The molecule has 1 aromatic heterocycles. The maximum Gasteiger partial charge on any atom is 0.255 e. The number of aromatic nitrogens is 1. The molecule has 2 rings (SSSR count). The smallest absolute Gasteiger partial charge is 0.255 e. The third-order valence-electron chi connectivity index (χ3n) is 3.23.